The molecule has 2 N–H and O–H groups in total. The molecule has 0 aromatic rings. The summed E-state index contributed by atoms with van der Waals surface area (Å²) in [5.41, 5.74) is 0. The Morgan fingerprint density at radius 1 is 1.40 bits per heavy atom. The molecular weight excluding hydrogens is 215 g/mol. The van der Waals surface area contributed by atoms with Crippen molar-refractivity contribution in [1.29, 1.82) is 0 Å². The standard InChI is InChI=1S/C8H14F3NO3/c1-5(7(14)15)3-12(2)4-6(13)8(9,10)11/h5-6,13H,3-4H2,1-2H3,(H,14,15). The summed E-state index contributed by atoms with van der Waals surface area (Å²) in [6.07, 6.45) is -7.11. The van der Waals surface area contributed by atoms with Gasteiger partial charge >= 0.3 is 12.1 Å². The predicted molar refractivity (Wildman–Crippen MR) is 46.4 cm³/mol. The van der Waals surface area contributed by atoms with Crippen molar-refractivity contribution >= 4 is 5.97 Å². The summed E-state index contributed by atoms with van der Waals surface area (Å²) in [4.78, 5) is 11.5. The molecule has 4 nitrogen and oxygen atoms in total. The fraction of sp³-hybridized carbons (Fsp3) is 0.875. The van der Waals surface area contributed by atoms with E-state index in [2.05, 4.69) is 0 Å². The number of aliphatic hydroxyl groups is 1. The van der Waals surface area contributed by atoms with Crippen LogP contribution in [0.3, 0.4) is 0 Å². The maximum atomic E-state index is 11.9. The van der Waals surface area contributed by atoms with Gasteiger partial charge in [-0.15, -0.1) is 0 Å². The van der Waals surface area contributed by atoms with Gasteiger partial charge in [-0.2, -0.15) is 13.2 Å². The van der Waals surface area contributed by atoms with Crippen molar-refractivity contribution in [1.82, 2.24) is 4.90 Å². The first kappa shape index (κ1) is 14.2. The van der Waals surface area contributed by atoms with Crippen molar-refractivity contribution in [3.63, 3.8) is 0 Å². The minimum Gasteiger partial charge on any atom is -0.481 e. The smallest absolute Gasteiger partial charge is 0.415 e. The number of carbonyl (C=O) groups is 1. The molecule has 0 amide bonds. The quantitative estimate of drug-likeness (QED) is 0.723. The lowest BCUT2D eigenvalue weighted by atomic mass is 10.1. The highest BCUT2D eigenvalue weighted by molar-refractivity contribution is 5.69. The third-order valence-electron chi connectivity index (χ3n) is 1.87. The Kier molecular flexibility index (Phi) is 5.02. The third-order valence-corrected chi connectivity index (χ3v) is 1.87. The summed E-state index contributed by atoms with van der Waals surface area (Å²) in [6.45, 7) is 0.725. The molecule has 0 radical (unpaired) electrons. The van der Waals surface area contributed by atoms with E-state index in [0.29, 0.717) is 0 Å². The summed E-state index contributed by atoms with van der Waals surface area (Å²) in [5.74, 6) is -1.85. The molecule has 90 valence electrons. The number of hydrogen-bond donors (Lipinski definition) is 2. The van der Waals surface area contributed by atoms with Crippen LogP contribution in [0.5, 0.6) is 0 Å². The molecule has 0 spiro atoms. The van der Waals surface area contributed by atoms with E-state index < -0.39 is 30.7 Å². The third kappa shape index (κ3) is 5.58. The molecule has 0 saturated heterocycles. The number of aliphatic carboxylic acids is 1. The highest BCUT2D eigenvalue weighted by Crippen LogP contribution is 2.20. The molecule has 2 atom stereocenters. The molecule has 0 rings (SSSR count). The molecule has 0 aliphatic rings. The lowest BCUT2D eigenvalue weighted by Crippen LogP contribution is -2.41. The van der Waals surface area contributed by atoms with Crippen LogP contribution in [0.15, 0.2) is 0 Å². The molecule has 0 bridgehead atoms. The molecule has 7 heteroatoms. The average molecular weight is 229 g/mol. The Hall–Kier alpha value is -0.820. The fourth-order valence-electron chi connectivity index (χ4n) is 1.02. The topological polar surface area (TPSA) is 60.8 Å². The van der Waals surface area contributed by atoms with Gasteiger partial charge in [0.05, 0.1) is 5.92 Å². The molecular formula is C8H14F3NO3. The van der Waals surface area contributed by atoms with Gasteiger partial charge < -0.3 is 15.1 Å². The number of nitrogens with zero attached hydrogens (tertiary/aromatic N) is 1. The van der Waals surface area contributed by atoms with Crippen LogP contribution in [0.4, 0.5) is 13.2 Å². The summed E-state index contributed by atoms with van der Waals surface area (Å²) in [7, 11) is 1.33. The van der Waals surface area contributed by atoms with E-state index >= 15 is 0 Å². The maximum absolute atomic E-state index is 11.9. The zero-order valence-electron chi connectivity index (χ0n) is 8.45. The normalized spacial score (nSPS) is 16.5. The second-order valence-electron chi connectivity index (χ2n) is 3.52. The lowest BCUT2D eigenvalue weighted by Gasteiger charge is -2.23. The summed E-state index contributed by atoms with van der Waals surface area (Å²) >= 11 is 0. The van der Waals surface area contributed by atoms with Gasteiger partial charge in [-0.05, 0) is 7.05 Å². The number of carboxylic acid groups (broad SMARTS) is 1. The van der Waals surface area contributed by atoms with Gasteiger partial charge in [-0.3, -0.25) is 4.79 Å². The highest BCUT2D eigenvalue weighted by Gasteiger charge is 2.38. The molecule has 0 aromatic carbocycles. The van der Waals surface area contributed by atoms with E-state index in [9.17, 15) is 18.0 Å². The number of rotatable bonds is 5. The van der Waals surface area contributed by atoms with E-state index in [1.165, 1.54) is 14.0 Å². The summed E-state index contributed by atoms with van der Waals surface area (Å²) < 4.78 is 35.7. The number of halogens is 3. The Morgan fingerprint density at radius 2 is 1.87 bits per heavy atom. The number of likely N-dealkylation sites (N-methyl/N-ethyl adjacent to an activating group) is 1. The Labute approximate surface area is 85.3 Å². The van der Waals surface area contributed by atoms with Gasteiger partial charge in [0.25, 0.3) is 0 Å². The van der Waals surface area contributed by atoms with Crippen LogP contribution in [-0.4, -0.2) is 53.5 Å². The van der Waals surface area contributed by atoms with Crippen LogP contribution in [0.25, 0.3) is 0 Å². The fourth-order valence-corrected chi connectivity index (χ4v) is 1.02. The SMILES string of the molecule is CC(CN(C)CC(O)C(F)(F)F)C(=O)O. The molecule has 0 aliphatic heterocycles. The largest absolute Gasteiger partial charge is 0.481 e. The second-order valence-corrected chi connectivity index (χ2v) is 3.52. The first-order chi connectivity index (χ1) is 6.64. The zero-order chi connectivity index (χ0) is 12.2. The minimum atomic E-state index is -4.67. The van der Waals surface area contributed by atoms with Crippen molar-refractivity contribution < 1.29 is 28.2 Å². The lowest BCUT2D eigenvalue weighted by molar-refractivity contribution is -0.207. The Balaban J connectivity index is 4.04. The van der Waals surface area contributed by atoms with Gasteiger partial charge in [0, 0.05) is 13.1 Å². The van der Waals surface area contributed by atoms with Crippen LogP contribution >= 0.6 is 0 Å². The van der Waals surface area contributed by atoms with E-state index in [-0.39, 0.29) is 6.54 Å². The zero-order valence-corrected chi connectivity index (χ0v) is 8.45. The van der Waals surface area contributed by atoms with Crippen LogP contribution in [0.1, 0.15) is 6.92 Å². The number of hydrogen-bond acceptors (Lipinski definition) is 3. The highest BCUT2D eigenvalue weighted by atomic mass is 19.4. The second kappa shape index (κ2) is 5.32. The van der Waals surface area contributed by atoms with Gasteiger partial charge in [-0.25, -0.2) is 0 Å². The van der Waals surface area contributed by atoms with Crippen molar-refractivity contribution in [3.05, 3.63) is 0 Å². The molecule has 2 unspecified atom stereocenters. The minimum absolute atomic E-state index is 0.0392. The maximum Gasteiger partial charge on any atom is 0.415 e. The molecule has 0 heterocycles. The van der Waals surface area contributed by atoms with Crippen LogP contribution in [0.2, 0.25) is 0 Å². The number of alkyl halides is 3. The van der Waals surface area contributed by atoms with Gasteiger partial charge in [0.2, 0.25) is 0 Å². The van der Waals surface area contributed by atoms with E-state index in [1.54, 1.807) is 0 Å². The Morgan fingerprint density at radius 3 is 2.20 bits per heavy atom. The van der Waals surface area contributed by atoms with Crippen molar-refractivity contribution in [3.8, 4) is 0 Å². The molecule has 0 fully saturated rings. The summed E-state index contributed by atoms with van der Waals surface area (Å²) in [5, 5.41) is 17.2. The molecule has 0 aliphatic carbocycles. The molecule has 0 aromatic heterocycles. The monoisotopic (exact) mass is 229 g/mol. The predicted octanol–water partition coefficient (Wildman–Crippen LogP) is 0.562. The van der Waals surface area contributed by atoms with Gasteiger partial charge in [0.1, 0.15) is 0 Å². The molecule has 15 heavy (non-hydrogen) atoms. The van der Waals surface area contributed by atoms with Crippen LogP contribution < -0.4 is 0 Å². The first-order valence-corrected chi connectivity index (χ1v) is 4.30. The van der Waals surface area contributed by atoms with Crippen LogP contribution in [0, 0.1) is 5.92 Å². The van der Waals surface area contributed by atoms with Crippen LogP contribution in [-0.2, 0) is 4.79 Å². The number of carboxylic acids is 1. The van der Waals surface area contributed by atoms with Gasteiger partial charge in [0.15, 0.2) is 6.10 Å². The van der Waals surface area contributed by atoms with Gasteiger partial charge in [-0.1, -0.05) is 6.92 Å². The first-order valence-electron chi connectivity index (χ1n) is 4.30. The van der Waals surface area contributed by atoms with Crippen molar-refractivity contribution in [2.75, 3.05) is 20.1 Å². The van der Waals surface area contributed by atoms with Crippen molar-refractivity contribution in [2.24, 2.45) is 5.92 Å². The van der Waals surface area contributed by atoms with E-state index in [1.807, 2.05) is 0 Å². The molecule has 0 saturated carbocycles. The van der Waals surface area contributed by atoms with E-state index in [4.69, 9.17) is 10.2 Å². The summed E-state index contributed by atoms with van der Waals surface area (Å²) in [6, 6.07) is 0. The number of aliphatic hydroxyl groups excluding tert-OH is 1. The average Bonchev–Trinajstić information content (AvgIpc) is 2.01. The van der Waals surface area contributed by atoms with Crippen molar-refractivity contribution in [2.45, 2.75) is 19.2 Å². The Bertz CT molecular complexity index is 220. The van der Waals surface area contributed by atoms with E-state index in [0.717, 1.165) is 4.90 Å².